The Kier molecular flexibility index (Phi) is 13.5. The Balaban J connectivity index is 0.993. The number of carboxylic acids is 1. The number of ether oxygens (including phenoxy) is 1. The van der Waals surface area contributed by atoms with Crippen LogP contribution in [0.2, 0.25) is 10.0 Å². The van der Waals surface area contributed by atoms with Crippen LogP contribution in [0, 0.1) is 0 Å². The molecule has 1 saturated heterocycles. The SMILES string of the molecule is O=C(CC(NC(=O)N1CCCN1C(=O)C(Cc1ccc(Cl)cc1Cl)NC(=O)OCC1c2ccccc2-c2ccccc21)C(=O)O)NC(c1ccccc1)(c1ccccc1)c1ccccc1. The van der Waals surface area contributed by atoms with Gasteiger partial charge >= 0.3 is 18.1 Å². The van der Waals surface area contributed by atoms with Crippen molar-refractivity contribution in [3.63, 3.8) is 0 Å². The van der Waals surface area contributed by atoms with Crippen LogP contribution in [-0.2, 0) is 31.1 Å². The Hall–Kier alpha value is -7.15. The number of aliphatic carboxylic acids is 1. The number of nitrogens with one attached hydrogen (secondary N) is 3. The predicted octanol–water partition coefficient (Wildman–Crippen LogP) is 8.55. The van der Waals surface area contributed by atoms with E-state index in [-0.39, 0.29) is 37.1 Å². The smallest absolute Gasteiger partial charge is 0.407 e. The van der Waals surface area contributed by atoms with E-state index in [0.717, 1.165) is 49.0 Å². The summed E-state index contributed by atoms with van der Waals surface area (Å²) >= 11 is 12.7. The summed E-state index contributed by atoms with van der Waals surface area (Å²) in [5.74, 6) is -3.01. The average molecular weight is 911 g/mol. The summed E-state index contributed by atoms with van der Waals surface area (Å²) in [6, 6.07) is 44.7. The summed E-state index contributed by atoms with van der Waals surface area (Å²) in [6.45, 7) is 0.123. The zero-order chi connectivity index (χ0) is 45.5. The summed E-state index contributed by atoms with van der Waals surface area (Å²) < 4.78 is 5.81. The molecular weight excluding hydrogens is 865 g/mol. The van der Waals surface area contributed by atoms with E-state index in [1.807, 2.05) is 140 Å². The lowest BCUT2D eigenvalue weighted by Gasteiger charge is -2.37. The van der Waals surface area contributed by atoms with Crippen molar-refractivity contribution in [1.82, 2.24) is 26.0 Å². The zero-order valence-corrected chi connectivity index (χ0v) is 36.5. The van der Waals surface area contributed by atoms with Gasteiger partial charge in [-0.15, -0.1) is 0 Å². The molecule has 65 heavy (non-hydrogen) atoms. The van der Waals surface area contributed by atoms with Crippen LogP contribution in [0.1, 0.15) is 52.1 Å². The molecular formula is C51H45Cl2N5O7. The molecule has 0 radical (unpaired) electrons. The number of carboxylic acid groups (broad SMARTS) is 1. The Morgan fingerprint density at radius 2 is 1.18 bits per heavy atom. The lowest BCUT2D eigenvalue weighted by atomic mass is 9.77. The molecule has 0 saturated carbocycles. The third kappa shape index (κ3) is 9.55. The Bertz CT molecular complexity index is 2560. The highest BCUT2D eigenvalue weighted by molar-refractivity contribution is 6.35. The Labute approximate surface area is 386 Å². The molecule has 2 atom stereocenters. The molecule has 1 fully saturated rings. The molecule has 2 aliphatic rings. The summed E-state index contributed by atoms with van der Waals surface area (Å²) in [7, 11) is 0. The van der Waals surface area contributed by atoms with Gasteiger partial charge in [-0.2, -0.15) is 0 Å². The van der Waals surface area contributed by atoms with Crippen molar-refractivity contribution < 1.29 is 33.8 Å². The van der Waals surface area contributed by atoms with Crippen LogP contribution in [0.5, 0.6) is 0 Å². The standard InChI is InChI=1S/C51H45Cl2N5O7/c52-37-26-25-33(43(53)30-37)29-44(55-50(64)65-32-42-40-23-12-10-21-38(40)39-22-11-13-24-41(39)42)47(60)57-27-14-28-58(57)49(63)54-45(48(61)62)31-46(59)56-51(34-15-4-1-5-16-34,35-17-6-2-7-18-35)36-19-8-3-9-20-36/h1-13,15-26,30,42,44-45H,14,27-29,31-32H2,(H,54,63)(H,55,64)(H,56,59)(H,61,62). The lowest BCUT2D eigenvalue weighted by molar-refractivity contribution is -0.143. The van der Waals surface area contributed by atoms with Crippen LogP contribution in [-0.4, -0.2) is 76.8 Å². The molecule has 6 aromatic rings. The van der Waals surface area contributed by atoms with E-state index < -0.39 is 54.0 Å². The fourth-order valence-corrected chi connectivity index (χ4v) is 9.26. The maximum Gasteiger partial charge on any atom is 0.407 e. The van der Waals surface area contributed by atoms with Gasteiger partial charge in [-0.25, -0.2) is 24.4 Å². The first kappa shape index (κ1) is 44.5. The van der Waals surface area contributed by atoms with Crippen molar-refractivity contribution in [2.24, 2.45) is 0 Å². The molecule has 2 unspecified atom stereocenters. The third-order valence-electron chi connectivity index (χ3n) is 11.8. The van der Waals surface area contributed by atoms with E-state index in [4.69, 9.17) is 27.9 Å². The fraction of sp³-hybridized carbons (Fsp3) is 0.196. The summed E-state index contributed by atoms with van der Waals surface area (Å²) in [4.78, 5) is 69.1. The fourth-order valence-electron chi connectivity index (χ4n) is 8.77. The van der Waals surface area contributed by atoms with Gasteiger partial charge in [-0.05, 0) is 63.1 Å². The molecule has 1 heterocycles. The van der Waals surface area contributed by atoms with Crippen molar-refractivity contribution in [1.29, 1.82) is 0 Å². The Morgan fingerprint density at radius 3 is 1.72 bits per heavy atom. The number of carbonyl (C=O) groups is 5. The van der Waals surface area contributed by atoms with Crippen LogP contribution in [0.3, 0.4) is 0 Å². The van der Waals surface area contributed by atoms with Gasteiger partial charge in [0.15, 0.2) is 0 Å². The first-order valence-electron chi connectivity index (χ1n) is 21.2. The van der Waals surface area contributed by atoms with Gasteiger partial charge in [0.05, 0.1) is 6.42 Å². The van der Waals surface area contributed by atoms with Gasteiger partial charge < -0.3 is 25.8 Å². The number of urea groups is 1. The number of fused-ring (bicyclic) bond motifs is 3. The topological polar surface area (TPSA) is 157 Å². The van der Waals surface area contributed by atoms with E-state index in [2.05, 4.69) is 16.0 Å². The number of rotatable bonds is 14. The molecule has 14 heteroatoms. The second-order valence-electron chi connectivity index (χ2n) is 15.8. The van der Waals surface area contributed by atoms with Crippen LogP contribution in [0.4, 0.5) is 9.59 Å². The minimum absolute atomic E-state index is 0.00592. The van der Waals surface area contributed by atoms with E-state index in [1.54, 1.807) is 12.1 Å². The number of benzene rings is 6. The van der Waals surface area contributed by atoms with Crippen molar-refractivity contribution >= 4 is 53.1 Å². The van der Waals surface area contributed by atoms with Gasteiger partial charge in [-0.1, -0.05) is 169 Å². The number of hydrazine groups is 1. The summed E-state index contributed by atoms with van der Waals surface area (Å²) in [5, 5.41) is 21.6. The highest BCUT2D eigenvalue weighted by atomic mass is 35.5. The zero-order valence-electron chi connectivity index (χ0n) is 35.0. The second-order valence-corrected chi connectivity index (χ2v) is 16.7. The van der Waals surface area contributed by atoms with Crippen LogP contribution >= 0.6 is 23.2 Å². The molecule has 0 bridgehead atoms. The molecule has 330 valence electrons. The van der Waals surface area contributed by atoms with Crippen LogP contribution in [0.25, 0.3) is 11.1 Å². The maximum atomic E-state index is 14.5. The van der Waals surface area contributed by atoms with E-state index in [1.165, 1.54) is 6.07 Å². The third-order valence-corrected chi connectivity index (χ3v) is 12.4. The molecule has 1 aliphatic carbocycles. The first-order valence-corrected chi connectivity index (χ1v) is 21.9. The first-order chi connectivity index (χ1) is 31.5. The van der Waals surface area contributed by atoms with E-state index in [9.17, 15) is 29.1 Å². The molecule has 0 spiro atoms. The van der Waals surface area contributed by atoms with Crippen molar-refractivity contribution in [3.8, 4) is 11.1 Å². The number of alkyl carbamates (subject to hydrolysis) is 1. The minimum Gasteiger partial charge on any atom is -0.480 e. The summed E-state index contributed by atoms with van der Waals surface area (Å²) in [5.41, 5.74) is 5.60. The second kappa shape index (κ2) is 19.7. The molecule has 0 aromatic heterocycles. The number of carbonyl (C=O) groups excluding carboxylic acids is 4. The normalized spacial score (nSPS) is 14.1. The minimum atomic E-state index is -1.69. The van der Waals surface area contributed by atoms with Crippen molar-refractivity contribution in [3.05, 3.63) is 201 Å². The van der Waals surface area contributed by atoms with Crippen LogP contribution in [0.15, 0.2) is 158 Å². The number of amides is 5. The average Bonchev–Trinajstić information content (AvgIpc) is 3.95. The van der Waals surface area contributed by atoms with Crippen molar-refractivity contribution in [2.45, 2.75) is 42.8 Å². The largest absolute Gasteiger partial charge is 0.480 e. The van der Waals surface area contributed by atoms with Crippen molar-refractivity contribution in [2.75, 3.05) is 19.7 Å². The molecule has 5 amide bonds. The lowest BCUT2D eigenvalue weighted by Crippen LogP contribution is -2.58. The molecule has 8 rings (SSSR count). The molecule has 12 nitrogen and oxygen atoms in total. The van der Waals surface area contributed by atoms with Gasteiger partial charge in [0.25, 0.3) is 5.91 Å². The highest BCUT2D eigenvalue weighted by Gasteiger charge is 2.41. The molecule has 6 aromatic carbocycles. The predicted molar refractivity (Wildman–Crippen MR) is 247 cm³/mol. The molecule has 1 aliphatic heterocycles. The van der Waals surface area contributed by atoms with Gasteiger partial charge in [0.1, 0.15) is 24.2 Å². The maximum absolute atomic E-state index is 14.5. The van der Waals surface area contributed by atoms with Gasteiger partial charge in [0, 0.05) is 35.5 Å². The number of hydrogen-bond donors (Lipinski definition) is 4. The quantitative estimate of drug-likeness (QED) is 0.0798. The number of hydrogen-bond acceptors (Lipinski definition) is 6. The number of halogens is 2. The summed E-state index contributed by atoms with van der Waals surface area (Å²) in [6.07, 6.45) is -1.24. The Morgan fingerprint density at radius 1 is 0.662 bits per heavy atom. The molecule has 4 N–H and O–H groups in total. The highest BCUT2D eigenvalue weighted by Crippen LogP contribution is 2.44. The monoisotopic (exact) mass is 909 g/mol. The van der Waals surface area contributed by atoms with Gasteiger partial charge in [0.2, 0.25) is 5.91 Å². The van der Waals surface area contributed by atoms with E-state index >= 15 is 0 Å². The number of nitrogens with zero attached hydrogens (tertiary/aromatic N) is 2. The van der Waals surface area contributed by atoms with Gasteiger partial charge in [-0.3, -0.25) is 9.59 Å². The van der Waals surface area contributed by atoms with Crippen LogP contribution < -0.4 is 16.0 Å². The van der Waals surface area contributed by atoms with E-state index in [0.29, 0.717) is 17.0 Å².